The van der Waals surface area contributed by atoms with Gasteiger partial charge in [-0.3, -0.25) is 9.69 Å². The summed E-state index contributed by atoms with van der Waals surface area (Å²) in [6.07, 6.45) is 1.99. The van der Waals surface area contributed by atoms with Crippen LogP contribution >= 0.6 is 0 Å². The van der Waals surface area contributed by atoms with E-state index in [1.165, 1.54) is 0 Å². The zero-order valence-corrected chi connectivity index (χ0v) is 10.0. The van der Waals surface area contributed by atoms with Crippen LogP contribution in [0.3, 0.4) is 0 Å². The molecule has 4 nitrogen and oxygen atoms in total. The molecule has 0 spiro atoms. The molecular weight excluding hydrogens is 190 g/mol. The first kappa shape index (κ1) is 12.5. The number of nitrogens with one attached hydrogen (secondary N) is 1. The molecule has 1 rings (SSSR count). The van der Waals surface area contributed by atoms with Crippen molar-refractivity contribution in [1.29, 1.82) is 0 Å². The normalized spacial score (nSPS) is 29.1. The Balaban J connectivity index is 2.61. The Morgan fingerprint density at radius 2 is 2.33 bits per heavy atom. The molecule has 0 bridgehead atoms. The summed E-state index contributed by atoms with van der Waals surface area (Å²) in [5.74, 6) is 0.150. The highest BCUT2D eigenvalue weighted by atomic mass is 16.2. The summed E-state index contributed by atoms with van der Waals surface area (Å²) in [6, 6.07) is 0.427. The van der Waals surface area contributed by atoms with Crippen molar-refractivity contribution in [2.45, 2.75) is 32.7 Å². The van der Waals surface area contributed by atoms with E-state index in [2.05, 4.69) is 17.1 Å². The molecule has 15 heavy (non-hydrogen) atoms. The van der Waals surface area contributed by atoms with E-state index in [-0.39, 0.29) is 11.3 Å². The van der Waals surface area contributed by atoms with E-state index in [1.54, 1.807) is 7.05 Å². The minimum atomic E-state index is -0.225. The summed E-state index contributed by atoms with van der Waals surface area (Å²) >= 11 is 0. The number of carbonyl (C=O) groups is 1. The number of amides is 1. The predicted molar refractivity (Wildman–Crippen MR) is 61.5 cm³/mol. The van der Waals surface area contributed by atoms with E-state index in [1.807, 2.05) is 6.92 Å². The summed E-state index contributed by atoms with van der Waals surface area (Å²) in [6.45, 7) is 6.68. The van der Waals surface area contributed by atoms with Gasteiger partial charge in [0.05, 0.1) is 5.41 Å². The Labute approximate surface area is 92.2 Å². The van der Waals surface area contributed by atoms with Crippen LogP contribution in [0.5, 0.6) is 0 Å². The smallest absolute Gasteiger partial charge is 0.227 e. The second-order valence-corrected chi connectivity index (χ2v) is 4.66. The van der Waals surface area contributed by atoms with Crippen LogP contribution < -0.4 is 11.1 Å². The van der Waals surface area contributed by atoms with E-state index in [9.17, 15) is 4.79 Å². The zero-order valence-electron chi connectivity index (χ0n) is 10.0. The highest BCUT2D eigenvalue weighted by molar-refractivity contribution is 5.82. The fraction of sp³-hybridized carbons (Fsp3) is 0.909. The third kappa shape index (κ3) is 2.49. The van der Waals surface area contributed by atoms with Gasteiger partial charge in [0.2, 0.25) is 5.91 Å². The maximum Gasteiger partial charge on any atom is 0.227 e. The highest BCUT2D eigenvalue weighted by Crippen LogP contribution is 2.31. The predicted octanol–water partition coefficient (Wildman–Crippen LogP) is 0.182. The fourth-order valence-corrected chi connectivity index (χ4v) is 2.37. The molecule has 1 amide bonds. The van der Waals surface area contributed by atoms with Crippen LogP contribution in [-0.4, -0.2) is 43.5 Å². The van der Waals surface area contributed by atoms with Crippen LogP contribution in [0.4, 0.5) is 0 Å². The van der Waals surface area contributed by atoms with Crippen molar-refractivity contribution in [2.24, 2.45) is 11.1 Å². The number of nitrogens with zero attached hydrogens (tertiary/aromatic N) is 1. The lowest BCUT2D eigenvalue weighted by Gasteiger charge is -2.28. The number of rotatable bonds is 4. The SMILES string of the molecule is CCC(CN)N1CCC(C)(C(=O)NC)C1. The molecule has 2 atom stereocenters. The quantitative estimate of drug-likeness (QED) is 0.700. The number of nitrogens with two attached hydrogens (primary N) is 1. The van der Waals surface area contributed by atoms with E-state index in [4.69, 9.17) is 5.73 Å². The van der Waals surface area contributed by atoms with Gasteiger partial charge in [0.25, 0.3) is 0 Å². The second-order valence-electron chi connectivity index (χ2n) is 4.66. The standard InChI is InChI=1S/C11H23N3O/c1-4-9(7-12)14-6-5-11(2,8-14)10(15)13-3/h9H,4-8,12H2,1-3H3,(H,13,15). The Kier molecular flexibility index (Phi) is 4.11. The largest absolute Gasteiger partial charge is 0.359 e. The maximum absolute atomic E-state index is 11.7. The molecule has 0 aliphatic carbocycles. The minimum absolute atomic E-state index is 0.150. The Morgan fingerprint density at radius 1 is 1.67 bits per heavy atom. The Morgan fingerprint density at radius 3 is 2.80 bits per heavy atom. The van der Waals surface area contributed by atoms with Crippen LogP contribution in [0, 0.1) is 5.41 Å². The van der Waals surface area contributed by atoms with Gasteiger partial charge in [-0.25, -0.2) is 0 Å². The topological polar surface area (TPSA) is 58.4 Å². The van der Waals surface area contributed by atoms with Crippen LogP contribution in [0.15, 0.2) is 0 Å². The van der Waals surface area contributed by atoms with Gasteiger partial charge in [0.15, 0.2) is 0 Å². The molecule has 0 aromatic rings. The Hall–Kier alpha value is -0.610. The van der Waals surface area contributed by atoms with Gasteiger partial charge < -0.3 is 11.1 Å². The van der Waals surface area contributed by atoms with Crippen molar-refractivity contribution >= 4 is 5.91 Å². The summed E-state index contributed by atoms with van der Waals surface area (Å²) in [7, 11) is 1.70. The van der Waals surface area contributed by atoms with Crippen molar-refractivity contribution in [3.63, 3.8) is 0 Å². The average molecular weight is 213 g/mol. The molecule has 88 valence electrons. The van der Waals surface area contributed by atoms with Gasteiger partial charge in [-0.2, -0.15) is 0 Å². The van der Waals surface area contributed by atoms with Gasteiger partial charge in [-0.1, -0.05) is 6.92 Å². The zero-order chi connectivity index (χ0) is 11.5. The highest BCUT2D eigenvalue weighted by Gasteiger charge is 2.41. The van der Waals surface area contributed by atoms with E-state index in [0.29, 0.717) is 12.6 Å². The number of hydrogen-bond acceptors (Lipinski definition) is 3. The molecular formula is C11H23N3O. The lowest BCUT2D eigenvalue weighted by atomic mass is 9.89. The molecule has 2 unspecified atom stereocenters. The van der Waals surface area contributed by atoms with Crippen molar-refractivity contribution < 1.29 is 4.79 Å². The van der Waals surface area contributed by atoms with E-state index >= 15 is 0 Å². The summed E-state index contributed by atoms with van der Waals surface area (Å²) < 4.78 is 0. The lowest BCUT2D eigenvalue weighted by Crippen LogP contribution is -2.43. The van der Waals surface area contributed by atoms with Gasteiger partial charge in [0, 0.05) is 26.2 Å². The first-order valence-electron chi connectivity index (χ1n) is 5.73. The Bertz CT molecular complexity index is 228. The molecule has 4 heteroatoms. The van der Waals surface area contributed by atoms with Crippen molar-refractivity contribution in [3.8, 4) is 0 Å². The molecule has 1 fully saturated rings. The molecule has 0 aromatic carbocycles. The molecule has 0 aromatic heterocycles. The number of hydrogen-bond donors (Lipinski definition) is 2. The minimum Gasteiger partial charge on any atom is -0.359 e. The van der Waals surface area contributed by atoms with Gasteiger partial charge in [0.1, 0.15) is 0 Å². The van der Waals surface area contributed by atoms with Crippen LogP contribution in [0.2, 0.25) is 0 Å². The summed E-state index contributed by atoms with van der Waals surface area (Å²) in [5.41, 5.74) is 5.49. The van der Waals surface area contributed by atoms with Gasteiger partial charge in [-0.05, 0) is 26.3 Å². The van der Waals surface area contributed by atoms with Crippen molar-refractivity contribution in [3.05, 3.63) is 0 Å². The van der Waals surface area contributed by atoms with Gasteiger partial charge in [-0.15, -0.1) is 0 Å². The van der Waals surface area contributed by atoms with Crippen LogP contribution in [0.25, 0.3) is 0 Å². The van der Waals surface area contributed by atoms with Crippen molar-refractivity contribution in [1.82, 2.24) is 10.2 Å². The molecule has 1 saturated heterocycles. The van der Waals surface area contributed by atoms with Crippen LogP contribution in [-0.2, 0) is 4.79 Å². The average Bonchev–Trinajstić information content (AvgIpc) is 2.63. The molecule has 0 radical (unpaired) electrons. The first-order chi connectivity index (χ1) is 7.07. The van der Waals surface area contributed by atoms with Crippen molar-refractivity contribution in [2.75, 3.05) is 26.7 Å². The second kappa shape index (κ2) is 4.94. The van der Waals surface area contributed by atoms with E-state index in [0.717, 1.165) is 25.9 Å². The number of carbonyl (C=O) groups excluding carboxylic acids is 1. The maximum atomic E-state index is 11.7. The molecule has 3 N–H and O–H groups in total. The van der Waals surface area contributed by atoms with Gasteiger partial charge >= 0.3 is 0 Å². The fourth-order valence-electron chi connectivity index (χ4n) is 2.37. The third-order valence-corrected chi connectivity index (χ3v) is 3.54. The van der Waals surface area contributed by atoms with Crippen LogP contribution in [0.1, 0.15) is 26.7 Å². The third-order valence-electron chi connectivity index (χ3n) is 3.54. The van der Waals surface area contributed by atoms with E-state index < -0.39 is 0 Å². The molecule has 1 aliphatic rings. The molecule has 1 heterocycles. The molecule has 1 aliphatic heterocycles. The monoisotopic (exact) mass is 213 g/mol. The lowest BCUT2D eigenvalue weighted by molar-refractivity contribution is -0.129. The number of likely N-dealkylation sites (tertiary alicyclic amines) is 1. The summed E-state index contributed by atoms with van der Waals surface area (Å²) in [5, 5.41) is 2.75. The first-order valence-corrected chi connectivity index (χ1v) is 5.73. The summed E-state index contributed by atoms with van der Waals surface area (Å²) in [4.78, 5) is 14.1. The molecule has 0 saturated carbocycles.